The van der Waals surface area contributed by atoms with Crippen molar-refractivity contribution in [3.8, 4) is 0 Å². The van der Waals surface area contributed by atoms with Crippen molar-refractivity contribution in [2.45, 2.75) is 6.42 Å². The molecule has 1 heterocycles. The number of hydrogen-bond acceptors (Lipinski definition) is 3. The Hall–Kier alpha value is -0.440. The summed E-state index contributed by atoms with van der Waals surface area (Å²) < 4.78 is 4.52. The van der Waals surface area contributed by atoms with Gasteiger partial charge in [-0.3, -0.25) is 4.79 Å². The van der Waals surface area contributed by atoms with Crippen molar-refractivity contribution in [3.63, 3.8) is 0 Å². The average Bonchev–Trinajstić information content (AvgIpc) is 2.40. The summed E-state index contributed by atoms with van der Waals surface area (Å²) in [5.41, 5.74) is 1.21. The Balaban J connectivity index is 2.30. The molecular formula is C7H10O2S. The minimum Gasteiger partial charge on any atom is -0.469 e. The Labute approximate surface area is 64.6 Å². The van der Waals surface area contributed by atoms with Crippen molar-refractivity contribution in [1.29, 1.82) is 0 Å². The minimum absolute atomic E-state index is 0.131. The molecule has 1 aliphatic heterocycles. The third-order valence-corrected chi connectivity index (χ3v) is 2.35. The van der Waals surface area contributed by atoms with Gasteiger partial charge in [-0.1, -0.05) is 11.6 Å². The molecule has 0 radical (unpaired) electrons. The van der Waals surface area contributed by atoms with E-state index in [2.05, 4.69) is 10.8 Å². The van der Waals surface area contributed by atoms with Crippen LogP contribution in [0.5, 0.6) is 0 Å². The average molecular weight is 158 g/mol. The zero-order chi connectivity index (χ0) is 7.40. The van der Waals surface area contributed by atoms with Crippen molar-refractivity contribution in [2.75, 3.05) is 18.6 Å². The van der Waals surface area contributed by atoms with E-state index in [1.807, 2.05) is 11.8 Å². The first-order chi connectivity index (χ1) is 4.83. The lowest BCUT2D eigenvalue weighted by atomic mass is 10.2. The fourth-order valence-corrected chi connectivity index (χ4v) is 1.76. The van der Waals surface area contributed by atoms with E-state index in [9.17, 15) is 4.79 Å². The van der Waals surface area contributed by atoms with Gasteiger partial charge < -0.3 is 4.74 Å². The summed E-state index contributed by atoms with van der Waals surface area (Å²) >= 11 is 1.83. The van der Waals surface area contributed by atoms with Crippen LogP contribution in [0.1, 0.15) is 6.42 Å². The van der Waals surface area contributed by atoms with E-state index >= 15 is 0 Å². The van der Waals surface area contributed by atoms with Crippen LogP contribution in [-0.2, 0) is 9.53 Å². The molecule has 0 fully saturated rings. The van der Waals surface area contributed by atoms with Gasteiger partial charge in [0.15, 0.2) is 0 Å². The molecule has 0 aromatic rings. The molecule has 2 nitrogen and oxygen atoms in total. The van der Waals surface area contributed by atoms with Crippen LogP contribution >= 0.6 is 11.8 Å². The Kier molecular flexibility index (Phi) is 2.81. The first-order valence-electron chi connectivity index (χ1n) is 3.15. The van der Waals surface area contributed by atoms with E-state index in [1.54, 1.807) is 0 Å². The Morgan fingerprint density at radius 1 is 1.90 bits per heavy atom. The lowest BCUT2D eigenvalue weighted by Crippen LogP contribution is -2.01. The van der Waals surface area contributed by atoms with Crippen molar-refractivity contribution in [2.24, 2.45) is 0 Å². The van der Waals surface area contributed by atoms with Crippen LogP contribution in [-0.4, -0.2) is 24.6 Å². The molecule has 1 aliphatic rings. The number of ether oxygens (including phenoxy) is 1. The third-order valence-electron chi connectivity index (χ3n) is 1.38. The molecule has 0 N–H and O–H groups in total. The van der Waals surface area contributed by atoms with Gasteiger partial charge in [-0.25, -0.2) is 0 Å². The Morgan fingerprint density at radius 2 is 2.70 bits per heavy atom. The first-order valence-corrected chi connectivity index (χ1v) is 4.31. The van der Waals surface area contributed by atoms with E-state index in [0.29, 0.717) is 6.42 Å². The standard InChI is InChI=1S/C7H10O2S/c1-9-7(8)4-6-2-3-10-5-6/h2H,3-5H2,1H3. The third kappa shape index (κ3) is 2.06. The van der Waals surface area contributed by atoms with Crippen molar-refractivity contribution < 1.29 is 9.53 Å². The number of carbonyl (C=O) groups is 1. The number of esters is 1. The van der Waals surface area contributed by atoms with Gasteiger partial charge >= 0.3 is 5.97 Å². The van der Waals surface area contributed by atoms with Crippen LogP contribution in [0, 0.1) is 0 Å². The molecule has 0 unspecified atom stereocenters. The molecular weight excluding hydrogens is 148 g/mol. The highest BCUT2D eigenvalue weighted by atomic mass is 32.2. The lowest BCUT2D eigenvalue weighted by Gasteiger charge is -1.97. The molecule has 10 heavy (non-hydrogen) atoms. The van der Waals surface area contributed by atoms with Crippen molar-refractivity contribution in [1.82, 2.24) is 0 Å². The fraction of sp³-hybridized carbons (Fsp3) is 0.571. The van der Waals surface area contributed by atoms with Crippen LogP contribution in [0.4, 0.5) is 0 Å². The lowest BCUT2D eigenvalue weighted by molar-refractivity contribution is -0.139. The van der Waals surface area contributed by atoms with E-state index in [4.69, 9.17) is 0 Å². The molecule has 0 spiro atoms. The number of carbonyl (C=O) groups excluding carboxylic acids is 1. The normalized spacial score (nSPS) is 16.7. The van der Waals surface area contributed by atoms with E-state index in [0.717, 1.165) is 11.5 Å². The zero-order valence-electron chi connectivity index (χ0n) is 5.92. The van der Waals surface area contributed by atoms with Crippen LogP contribution < -0.4 is 0 Å². The summed E-state index contributed by atoms with van der Waals surface area (Å²) in [6.45, 7) is 0. The monoisotopic (exact) mass is 158 g/mol. The van der Waals surface area contributed by atoms with E-state index in [-0.39, 0.29) is 5.97 Å². The summed E-state index contributed by atoms with van der Waals surface area (Å²) in [5, 5.41) is 0. The fourth-order valence-electron chi connectivity index (χ4n) is 0.806. The summed E-state index contributed by atoms with van der Waals surface area (Å²) in [6, 6.07) is 0. The second-order valence-corrected chi connectivity index (χ2v) is 3.16. The van der Waals surface area contributed by atoms with Gasteiger partial charge in [0.1, 0.15) is 0 Å². The largest absolute Gasteiger partial charge is 0.469 e. The molecule has 0 amide bonds. The highest BCUT2D eigenvalue weighted by Gasteiger charge is 2.09. The highest BCUT2D eigenvalue weighted by molar-refractivity contribution is 7.99. The smallest absolute Gasteiger partial charge is 0.309 e. The van der Waals surface area contributed by atoms with Crippen LogP contribution in [0.25, 0.3) is 0 Å². The first kappa shape index (κ1) is 7.66. The van der Waals surface area contributed by atoms with Gasteiger partial charge in [-0.2, -0.15) is 11.8 Å². The second-order valence-electron chi connectivity index (χ2n) is 2.13. The molecule has 0 aromatic heterocycles. The molecule has 3 heteroatoms. The molecule has 0 atom stereocenters. The van der Waals surface area contributed by atoms with Crippen molar-refractivity contribution >= 4 is 17.7 Å². The number of thioether (sulfide) groups is 1. The number of methoxy groups -OCH3 is 1. The summed E-state index contributed by atoms with van der Waals surface area (Å²) in [4.78, 5) is 10.7. The highest BCUT2D eigenvalue weighted by Crippen LogP contribution is 2.19. The number of hydrogen-bond donors (Lipinski definition) is 0. The molecule has 0 saturated carbocycles. The topological polar surface area (TPSA) is 26.3 Å². The summed E-state index contributed by atoms with van der Waals surface area (Å²) in [6.07, 6.45) is 2.57. The maximum absolute atomic E-state index is 10.7. The van der Waals surface area contributed by atoms with Gasteiger partial charge in [0, 0.05) is 11.5 Å². The van der Waals surface area contributed by atoms with Gasteiger partial charge in [0.25, 0.3) is 0 Å². The molecule has 0 aromatic carbocycles. The summed E-state index contributed by atoms with van der Waals surface area (Å²) in [7, 11) is 1.42. The maximum atomic E-state index is 10.7. The molecule has 0 saturated heterocycles. The SMILES string of the molecule is COC(=O)CC1=CCSC1. The van der Waals surface area contributed by atoms with Crippen LogP contribution in [0.3, 0.4) is 0 Å². The molecule has 0 bridgehead atoms. The second kappa shape index (κ2) is 3.66. The predicted molar refractivity (Wildman–Crippen MR) is 42.0 cm³/mol. The zero-order valence-corrected chi connectivity index (χ0v) is 6.74. The molecule has 56 valence electrons. The Morgan fingerprint density at radius 3 is 3.20 bits per heavy atom. The summed E-state index contributed by atoms with van der Waals surface area (Å²) in [5.74, 6) is 1.91. The molecule has 1 rings (SSSR count). The van der Waals surface area contributed by atoms with Crippen LogP contribution in [0.15, 0.2) is 11.6 Å². The quantitative estimate of drug-likeness (QED) is 0.446. The Bertz CT molecular complexity index is 163. The number of rotatable bonds is 2. The van der Waals surface area contributed by atoms with E-state index < -0.39 is 0 Å². The maximum Gasteiger partial charge on any atom is 0.309 e. The van der Waals surface area contributed by atoms with E-state index in [1.165, 1.54) is 12.7 Å². The van der Waals surface area contributed by atoms with Crippen LogP contribution in [0.2, 0.25) is 0 Å². The van der Waals surface area contributed by atoms with Gasteiger partial charge in [0.2, 0.25) is 0 Å². The van der Waals surface area contributed by atoms with Gasteiger partial charge in [-0.15, -0.1) is 0 Å². The van der Waals surface area contributed by atoms with Gasteiger partial charge in [0.05, 0.1) is 13.5 Å². The molecule has 0 aliphatic carbocycles. The minimum atomic E-state index is -0.131. The predicted octanol–water partition coefficient (Wildman–Crippen LogP) is 1.22. The van der Waals surface area contributed by atoms with Gasteiger partial charge in [-0.05, 0) is 0 Å². The van der Waals surface area contributed by atoms with Crippen molar-refractivity contribution in [3.05, 3.63) is 11.6 Å².